The van der Waals surface area contributed by atoms with Gasteiger partial charge >= 0.3 is 0 Å². The van der Waals surface area contributed by atoms with Gasteiger partial charge < -0.3 is 0 Å². The molecule has 0 saturated carbocycles. The van der Waals surface area contributed by atoms with Gasteiger partial charge in [-0.05, 0) is 89.0 Å². The van der Waals surface area contributed by atoms with Gasteiger partial charge in [-0.25, -0.2) is 0 Å². The van der Waals surface area contributed by atoms with Crippen LogP contribution in [0.5, 0.6) is 0 Å². The lowest BCUT2D eigenvalue weighted by atomic mass is 9.35. The Balaban J connectivity index is 1.29. The van der Waals surface area contributed by atoms with E-state index < -0.39 is 0 Å². The molecule has 8 aromatic rings. The standard InChI is InChI=1S/C40H20B2/c1-3-13-31-23(7-1)25-9-5-11-27-29-19-22-16-18-34-38-30(20-21-15-17-33(41(31)39(25)27)37(29)35(21)36(22)38)28-12-6-10-26-24-8-2-4-14-32(24)42(34)40(26)28/h1-20H. The van der Waals surface area contributed by atoms with Gasteiger partial charge in [0.05, 0.1) is 0 Å². The third kappa shape index (κ3) is 2.08. The zero-order chi connectivity index (χ0) is 26.8. The van der Waals surface area contributed by atoms with Crippen molar-refractivity contribution < 1.29 is 0 Å². The van der Waals surface area contributed by atoms with E-state index in [4.69, 9.17) is 0 Å². The van der Waals surface area contributed by atoms with Crippen molar-refractivity contribution in [1.29, 1.82) is 0 Å². The van der Waals surface area contributed by atoms with Crippen molar-refractivity contribution in [2.24, 2.45) is 0 Å². The third-order valence-corrected chi connectivity index (χ3v) is 11.0. The van der Waals surface area contributed by atoms with Gasteiger partial charge in [-0.2, -0.15) is 0 Å². The fourth-order valence-corrected chi connectivity index (χ4v) is 9.63. The molecule has 0 nitrogen and oxygen atoms in total. The van der Waals surface area contributed by atoms with Crippen LogP contribution in [0.3, 0.4) is 0 Å². The Labute approximate surface area is 243 Å². The lowest BCUT2D eigenvalue weighted by Gasteiger charge is -2.30. The predicted octanol–water partition coefficient (Wildman–Crippen LogP) is 5.54. The Morgan fingerprint density at radius 2 is 0.690 bits per heavy atom. The quantitative estimate of drug-likeness (QED) is 0.181. The third-order valence-electron chi connectivity index (χ3n) is 11.0. The molecule has 0 N–H and O–H groups in total. The van der Waals surface area contributed by atoms with Crippen molar-refractivity contribution in [1.82, 2.24) is 0 Å². The molecular weight excluding hydrogens is 502 g/mol. The lowest BCUT2D eigenvalue weighted by Crippen LogP contribution is -2.52. The van der Waals surface area contributed by atoms with E-state index in [1.807, 2.05) is 0 Å². The lowest BCUT2D eigenvalue weighted by molar-refractivity contribution is 1.67. The van der Waals surface area contributed by atoms with Crippen LogP contribution in [-0.2, 0) is 0 Å². The van der Waals surface area contributed by atoms with Crippen LogP contribution in [0.15, 0.2) is 121 Å². The van der Waals surface area contributed by atoms with Crippen molar-refractivity contribution in [2.45, 2.75) is 0 Å². The molecule has 0 unspecified atom stereocenters. The number of hydrogen-bond acceptors (Lipinski definition) is 0. The monoisotopic (exact) mass is 522 g/mol. The average Bonchev–Trinajstić information content (AvgIpc) is 3.57. The minimum atomic E-state index is 0.293. The summed E-state index contributed by atoms with van der Waals surface area (Å²) in [4.78, 5) is 0. The molecule has 0 aliphatic carbocycles. The molecule has 8 aromatic carbocycles. The Bertz CT molecular complexity index is 2410. The maximum absolute atomic E-state index is 2.51. The van der Waals surface area contributed by atoms with Crippen molar-refractivity contribution in [3.8, 4) is 44.5 Å². The second-order valence-corrected chi connectivity index (χ2v) is 12.7. The highest BCUT2D eigenvalue weighted by molar-refractivity contribution is 7.03. The minimum absolute atomic E-state index is 0.293. The molecule has 0 fully saturated rings. The van der Waals surface area contributed by atoms with Crippen LogP contribution >= 0.6 is 0 Å². The molecule has 4 aliphatic heterocycles. The summed E-state index contributed by atoms with van der Waals surface area (Å²) in [6.07, 6.45) is 0. The first-order valence-corrected chi connectivity index (χ1v) is 15.1. The number of hydrogen-bond donors (Lipinski definition) is 0. The van der Waals surface area contributed by atoms with E-state index in [0.29, 0.717) is 13.4 Å². The number of fused-ring (bicyclic) bond motifs is 10. The van der Waals surface area contributed by atoms with E-state index in [0.717, 1.165) is 0 Å². The van der Waals surface area contributed by atoms with Crippen molar-refractivity contribution >= 4 is 78.5 Å². The second kappa shape index (κ2) is 6.69. The Morgan fingerprint density at radius 1 is 0.286 bits per heavy atom. The van der Waals surface area contributed by atoms with Crippen molar-refractivity contribution in [2.75, 3.05) is 0 Å². The molecule has 4 heterocycles. The van der Waals surface area contributed by atoms with Crippen molar-refractivity contribution in [3.05, 3.63) is 121 Å². The normalized spacial score (nSPS) is 14.1. The first-order valence-electron chi connectivity index (χ1n) is 15.1. The summed E-state index contributed by atoms with van der Waals surface area (Å²) in [5.74, 6) is 0. The van der Waals surface area contributed by atoms with Crippen LogP contribution in [0.25, 0.3) is 76.8 Å². The summed E-state index contributed by atoms with van der Waals surface area (Å²) in [5.41, 5.74) is 20.0. The SMILES string of the molecule is c1ccc2c(c1)B1c3c-2cccc3-c2cc3ccc4c5c(cc6ccc1c2c6c35)-c1cccc2c1B4c1ccccc1-2. The first-order chi connectivity index (χ1) is 20.9. The molecule has 0 atom stereocenters. The fourth-order valence-electron chi connectivity index (χ4n) is 9.63. The molecule has 42 heavy (non-hydrogen) atoms. The van der Waals surface area contributed by atoms with Gasteiger partial charge in [0.2, 0.25) is 13.4 Å². The van der Waals surface area contributed by atoms with Gasteiger partial charge in [-0.3, -0.25) is 0 Å². The zero-order valence-corrected chi connectivity index (χ0v) is 22.7. The maximum Gasteiger partial charge on any atom is 0.244 e. The van der Waals surface area contributed by atoms with Crippen LogP contribution in [0.4, 0.5) is 0 Å². The summed E-state index contributed by atoms with van der Waals surface area (Å²) >= 11 is 0. The van der Waals surface area contributed by atoms with Crippen LogP contribution in [-0.4, -0.2) is 13.4 Å². The van der Waals surface area contributed by atoms with Crippen molar-refractivity contribution in [3.63, 3.8) is 0 Å². The molecule has 186 valence electrons. The Kier molecular flexibility index (Phi) is 3.31. The average molecular weight is 522 g/mol. The molecule has 0 bridgehead atoms. The van der Waals surface area contributed by atoms with E-state index in [2.05, 4.69) is 121 Å². The molecule has 0 radical (unpaired) electrons. The topological polar surface area (TPSA) is 0 Å². The number of benzene rings is 8. The predicted molar refractivity (Wildman–Crippen MR) is 181 cm³/mol. The molecule has 4 aliphatic rings. The van der Waals surface area contributed by atoms with E-state index in [9.17, 15) is 0 Å². The van der Waals surface area contributed by atoms with Gasteiger partial charge in [-0.1, -0.05) is 142 Å². The molecule has 12 rings (SSSR count). The molecule has 0 spiro atoms. The second-order valence-electron chi connectivity index (χ2n) is 12.7. The van der Waals surface area contributed by atoms with Crippen LogP contribution in [0.2, 0.25) is 0 Å². The van der Waals surface area contributed by atoms with Gasteiger partial charge in [0.25, 0.3) is 0 Å². The largest absolute Gasteiger partial charge is 0.244 e. The summed E-state index contributed by atoms with van der Waals surface area (Å²) in [6.45, 7) is 0.586. The van der Waals surface area contributed by atoms with Gasteiger partial charge in [0, 0.05) is 0 Å². The summed E-state index contributed by atoms with van der Waals surface area (Å²) in [6, 6.07) is 46.8. The highest BCUT2D eigenvalue weighted by atomic mass is 14.3. The van der Waals surface area contributed by atoms with Gasteiger partial charge in [0.1, 0.15) is 0 Å². The van der Waals surface area contributed by atoms with Crippen LogP contribution < -0.4 is 32.8 Å². The van der Waals surface area contributed by atoms with Gasteiger partial charge in [-0.15, -0.1) is 0 Å². The zero-order valence-electron chi connectivity index (χ0n) is 22.7. The molecule has 0 amide bonds. The maximum atomic E-state index is 2.51. The highest BCUT2D eigenvalue weighted by Crippen LogP contribution is 2.47. The number of rotatable bonds is 0. The first kappa shape index (κ1) is 20.8. The summed E-state index contributed by atoms with van der Waals surface area (Å²) in [7, 11) is 0. The van der Waals surface area contributed by atoms with Crippen LogP contribution in [0, 0.1) is 0 Å². The molecule has 0 saturated heterocycles. The van der Waals surface area contributed by atoms with Crippen LogP contribution in [0.1, 0.15) is 0 Å². The molecule has 0 aromatic heterocycles. The van der Waals surface area contributed by atoms with E-state index in [1.54, 1.807) is 0 Å². The Morgan fingerprint density at radius 3 is 1.17 bits per heavy atom. The summed E-state index contributed by atoms with van der Waals surface area (Å²) < 4.78 is 0. The fraction of sp³-hybridized carbons (Fsp3) is 0. The smallest absolute Gasteiger partial charge is 0.0664 e. The Hall–Kier alpha value is -5.07. The molecular formula is C40H20B2. The van der Waals surface area contributed by atoms with E-state index in [1.165, 1.54) is 110 Å². The highest BCUT2D eigenvalue weighted by Gasteiger charge is 2.42. The van der Waals surface area contributed by atoms with Gasteiger partial charge in [0.15, 0.2) is 0 Å². The summed E-state index contributed by atoms with van der Waals surface area (Å²) in [5, 5.41) is 8.54. The van der Waals surface area contributed by atoms with E-state index >= 15 is 0 Å². The minimum Gasteiger partial charge on any atom is -0.0664 e. The molecule has 2 heteroatoms. The van der Waals surface area contributed by atoms with E-state index in [-0.39, 0.29) is 0 Å².